The first-order chi connectivity index (χ1) is 5.60. The van der Waals surface area contributed by atoms with E-state index in [-0.39, 0.29) is 6.54 Å². The largest absolute Gasteiger partial charge is 0.481 e. The minimum atomic E-state index is -1.18. The van der Waals surface area contributed by atoms with E-state index in [1.54, 1.807) is 0 Å². The molecule has 67 valence electrons. The second kappa shape index (κ2) is 5.25. The third kappa shape index (κ3) is 4.40. The van der Waals surface area contributed by atoms with Crippen LogP contribution in [-0.2, 0) is 14.4 Å². The molecule has 0 unspecified atom stereocenters. The lowest BCUT2D eigenvalue weighted by atomic mass is 10.2. The van der Waals surface area contributed by atoms with E-state index < -0.39 is 24.3 Å². The summed E-state index contributed by atoms with van der Waals surface area (Å²) in [6, 6.07) is -1.11. The van der Waals surface area contributed by atoms with Gasteiger partial charge in [0.25, 0.3) is 0 Å². The highest BCUT2D eigenvalue weighted by Gasteiger charge is 2.14. The lowest BCUT2D eigenvalue weighted by molar-refractivity contribution is -0.137. The molecule has 12 heavy (non-hydrogen) atoms. The molecule has 0 aliphatic carbocycles. The molecule has 6 nitrogen and oxygen atoms in total. The van der Waals surface area contributed by atoms with Gasteiger partial charge in [-0.1, -0.05) is 0 Å². The highest BCUT2D eigenvalue weighted by molar-refractivity contribution is 5.83. The SMILES string of the molecule is NCC(=O)N[C@H]([C]=O)CC(=O)O. The molecule has 0 saturated carbocycles. The fourth-order valence-corrected chi connectivity index (χ4v) is 0.550. The zero-order valence-corrected chi connectivity index (χ0v) is 6.24. The van der Waals surface area contributed by atoms with Crippen molar-refractivity contribution in [1.29, 1.82) is 0 Å². The molecular weight excluding hydrogens is 164 g/mol. The van der Waals surface area contributed by atoms with Crippen LogP contribution < -0.4 is 11.1 Å². The van der Waals surface area contributed by atoms with Gasteiger partial charge in [0.15, 0.2) is 0 Å². The van der Waals surface area contributed by atoms with Crippen molar-refractivity contribution in [3.63, 3.8) is 0 Å². The second-order valence-electron chi connectivity index (χ2n) is 2.04. The summed E-state index contributed by atoms with van der Waals surface area (Å²) in [7, 11) is 0. The highest BCUT2D eigenvalue weighted by atomic mass is 16.4. The summed E-state index contributed by atoms with van der Waals surface area (Å²) in [5.41, 5.74) is 4.92. The smallest absolute Gasteiger partial charge is 0.305 e. The standard InChI is InChI=1S/C6H9N2O4/c7-2-5(10)8-4(3-9)1-6(11)12/h4H,1-2,7H2,(H,8,10)(H,11,12)/t4-/m0/s1. The molecule has 0 saturated heterocycles. The second-order valence-corrected chi connectivity index (χ2v) is 2.04. The highest BCUT2D eigenvalue weighted by Crippen LogP contribution is 1.87. The Bertz CT molecular complexity index is 192. The van der Waals surface area contributed by atoms with Gasteiger partial charge in [-0.15, -0.1) is 0 Å². The number of amides is 1. The van der Waals surface area contributed by atoms with Gasteiger partial charge in [0.05, 0.1) is 13.0 Å². The summed E-state index contributed by atoms with van der Waals surface area (Å²) in [6.07, 6.45) is 0.903. The molecule has 1 amide bonds. The van der Waals surface area contributed by atoms with Crippen LogP contribution in [0.15, 0.2) is 0 Å². The van der Waals surface area contributed by atoms with E-state index in [1.165, 1.54) is 6.29 Å². The van der Waals surface area contributed by atoms with Gasteiger partial charge in [0.2, 0.25) is 12.2 Å². The van der Waals surface area contributed by atoms with Gasteiger partial charge < -0.3 is 16.2 Å². The monoisotopic (exact) mass is 173 g/mol. The molecule has 6 heteroatoms. The maximum Gasteiger partial charge on any atom is 0.305 e. The summed E-state index contributed by atoms with van der Waals surface area (Å²) in [6.45, 7) is -0.280. The van der Waals surface area contributed by atoms with Crippen LogP contribution in [0.25, 0.3) is 0 Å². The number of carboxylic acid groups (broad SMARTS) is 1. The zero-order chi connectivity index (χ0) is 9.56. The summed E-state index contributed by atoms with van der Waals surface area (Å²) >= 11 is 0. The molecule has 0 aromatic carbocycles. The number of carboxylic acids is 1. The number of rotatable bonds is 5. The van der Waals surface area contributed by atoms with Crippen molar-refractivity contribution >= 4 is 18.2 Å². The van der Waals surface area contributed by atoms with Crippen molar-refractivity contribution < 1.29 is 19.5 Å². The quantitative estimate of drug-likeness (QED) is 0.446. The summed E-state index contributed by atoms with van der Waals surface area (Å²) in [4.78, 5) is 30.7. The molecule has 0 fully saturated rings. The van der Waals surface area contributed by atoms with E-state index in [4.69, 9.17) is 10.8 Å². The summed E-state index contributed by atoms with van der Waals surface area (Å²) in [5, 5.41) is 10.3. The summed E-state index contributed by atoms with van der Waals surface area (Å²) in [5.74, 6) is -1.76. The van der Waals surface area contributed by atoms with Gasteiger partial charge in [0.1, 0.15) is 6.04 Å². The van der Waals surface area contributed by atoms with Crippen LogP contribution in [0.1, 0.15) is 6.42 Å². The predicted octanol–water partition coefficient (Wildman–Crippen LogP) is -1.99. The van der Waals surface area contributed by atoms with Gasteiger partial charge in [-0.3, -0.25) is 14.4 Å². The first-order valence-electron chi connectivity index (χ1n) is 3.19. The van der Waals surface area contributed by atoms with E-state index >= 15 is 0 Å². The van der Waals surface area contributed by atoms with Gasteiger partial charge in [-0.25, -0.2) is 0 Å². The molecule has 0 aliphatic rings. The van der Waals surface area contributed by atoms with E-state index in [2.05, 4.69) is 5.32 Å². The topological polar surface area (TPSA) is 109 Å². The Balaban J connectivity index is 3.90. The Morgan fingerprint density at radius 1 is 1.58 bits per heavy atom. The van der Waals surface area contributed by atoms with Crippen LogP contribution in [0.3, 0.4) is 0 Å². The number of nitrogens with two attached hydrogens (primary N) is 1. The molecule has 0 heterocycles. The minimum Gasteiger partial charge on any atom is -0.481 e. The fraction of sp³-hybridized carbons (Fsp3) is 0.500. The Morgan fingerprint density at radius 3 is 2.50 bits per heavy atom. The van der Waals surface area contributed by atoms with Crippen LogP contribution in [0.4, 0.5) is 0 Å². The van der Waals surface area contributed by atoms with Crippen LogP contribution in [0.5, 0.6) is 0 Å². The average molecular weight is 173 g/mol. The molecule has 0 bridgehead atoms. The zero-order valence-electron chi connectivity index (χ0n) is 6.24. The maximum absolute atomic E-state index is 10.6. The van der Waals surface area contributed by atoms with Crippen LogP contribution >= 0.6 is 0 Å². The number of hydrogen-bond acceptors (Lipinski definition) is 4. The molecule has 0 rings (SSSR count). The molecule has 1 atom stereocenters. The van der Waals surface area contributed by atoms with Gasteiger partial charge >= 0.3 is 5.97 Å². The Kier molecular flexibility index (Phi) is 4.62. The Morgan fingerprint density at radius 2 is 2.17 bits per heavy atom. The maximum atomic E-state index is 10.6. The van der Waals surface area contributed by atoms with Gasteiger partial charge in [-0.05, 0) is 0 Å². The van der Waals surface area contributed by atoms with Crippen molar-refractivity contribution in [1.82, 2.24) is 5.32 Å². The Labute approximate surface area is 68.7 Å². The van der Waals surface area contributed by atoms with Crippen molar-refractivity contribution in [2.24, 2.45) is 5.73 Å². The molecule has 0 aromatic rings. The Hall–Kier alpha value is -1.43. The van der Waals surface area contributed by atoms with Crippen molar-refractivity contribution in [3.05, 3.63) is 0 Å². The number of carbonyl (C=O) groups is 2. The first-order valence-corrected chi connectivity index (χ1v) is 3.19. The molecule has 0 aliphatic heterocycles. The minimum absolute atomic E-state index is 0.280. The predicted molar refractivity (Wildman–Crippen MR) is 38.9 cm³/mol. The summed E-state index contributed by atoms with van der Waals surface area (Å²) < 4.78 is 0. The fourth-order valence-electron chi connectivity index (χ4n) is 0.550. The van der Waals surface area contributed by atoms with E-state index in [1.807, 2.05) is 0 Å². The lowest BCUT2D eigenvalue weighted by Gasteiger charge is -2.07. The van der Waals surface area contributed by atoms with E-state index in [0.717, 1.165) is 0 Å². The number of hydrogen-bond donors (Lipinski definition) is 3. The molecule has 4 N–H and O–H groups in total. The van der Waals surface area contributed by atoms with E-state index in [9.17, 15) is 14.4 Å². The van der Waals surface area contributed by atoms with Crippen LogP contribution in [0, 0.1) is 0 Å². The van der Waals surface area contributed by atoms with Gasteiger partial charge in [0, 0.05) is 0 Å². The molecule has 0 aromatic heterocycles. The number of nitrogens with one attached hydrogen (secondary N) is 1. The third-order valence-electron chi connectivity index (χ3n) is 1.04. The van der Waals surface area contributed by atoms with E-state index in [0.29, 0.717) is 0 Å². The first kappa shape index (κ1) is 10.6. The van der Waals surface area contributed by atoms with Crippen LogP contribution in [0.2, 0.25) is 0 Å². The van der Waals surface area contributed by atoms with Crippen LogP contribution in [-0.4, -0.2) is 35.9 Å². The lowest BCUT2D eigenvalue weighted by Crippen LogP contribution is -2.40. The normalized spacial score (nSPS) is 11.8. The van der Waals surface area contributed by atoms with Crippen molar-refractivity contribution in [3.8, 4) is 0 Å². The van der Waals surface area contributed by atoms with Crippen molar-refractivity contribution in [2.75, 3.05) is 6.54 Å². The number of carbonyl (C=O) groups excluding carboxylic acids is 2. The number of aliphatic carboxylic acids is 1. The molecule has 0 spiro atoms. The van der Waals surface area contributed by atoms with Crippen molar-refractivity contribution in [2.45, 2.75) is 12.5 Å². The van der Waals surface area contributed by atoms with Gasteiger partial charge in [-0.2, -0.15) is 0 Å². The third-order valence-corrected chi connectivity index (χ3v) is 1.04. The molecule has 1 radical (unpaired) electrons. The molecular formula is C6H9N2O4. The average Bonchev–Trinajstić information content (AvgIpc) is 2.02.